The molecule has 0 aliphatic rings. The van der Waals surface area contributed by atoms with Crippen molar-refractivity contribution in [1.82, 2.24) is 11.5 Å². The van der Waals surface area contributed by atoms with Crippen LogP contribution in [0.5, 0.6) is 0 Å². The smallest absolute Gasteiger partial charge is 0 e. The molecule has 0 unspecified atom stereocenters. The predicted molar refractivity (Wildman–Crippen MR) is 80.6 cm³/mol. The van der Waals surface area contributed by atoms with Gasteiger partial charge in [0.1, 0.15) is 0 Å². The second-order valence-electron chi connectivity index (χ2n) is 4.36. The zero-order valence-electron chi connectivity index (χ0n) is 11.7. The minimum atomic E-state index is -0.957. The Labute approximate surface area is 131 Å². The molecule has 0 spiro atoms. The van der Waals surface area contributed by atoms with Crippen LogP contribution in [0.25, 0.3) is 0 Å². The molecule has 4 N–H and O–H groups in total. The normalized spacial score (nSPS) is 11.3. The van der Waals surface area contributed by atoms with E-state index in [1.165, 1.54) is 0 Å². The van der Waals surface area contributed by atoms with E-state index in [4.69, 9.17) is 10.8 Å². The summed E-state index contributed by atoms with van der Waals surface area (Å²) in [6.07, 6.45) is 0.982. The molecule has 0 fully saturated rings. The van der Waals surface area contributed by atoms with E-state index in [0.717, 1.165) is 16.2 Å². The van der Waals surface area contributed by atoms with Gasteiger partial charge in [-0.1, -0.05) is 0 Å². The molecule has 1 aromatic carbocycles. The van der Waals surface area contributed by atoms with Crippen LogP contribution in [0.2, 0.25) is 10.6 Å². The molecule has 0 aromatic heterocycles. The van der Waals surface area contributed by atoms with Crippen LogP contribution in [0.4, 0.5) is 0 Å². The Bertz CT molecular complexity index is 429. The maximum absolute atomic E-state index is 11.6. The van der Waals surface area contributed by atoms with Gasteiger partial charge in [-0.2, -0.15) is 0 Å². The fourth-order valence-electron chi connectivity index (χ4n) is 1.49. The molecular formula is C14H20N3O3Se. The third kappa shape index (κ3) is 9.20. The predicted octanol–water partition coefficient (Wildman–Crippen LogP) is 0.555. The summed E-state index contributed by atoms with van der Waals surface area (Å²) in [4.78, 5) is 22.1. The molecule has 0 aliphatic heterocycles. The van der Waals surface area contributed by atoms with Crippen molar-refractivity contribution < 1.29 is 14.7 Å². The summed E-state index contributed by atoms with van der Waals surface area (Å²) in [5, 5.41) is 13.1. The number of aliphatic carboxylic acids is 1. The number of benzene rings is 1. The second-order valence-corrected chi connectivity index (χ2v) is 6.93. The fraction of sp³-hybridized carbons (Fsp3) is 0.429. The molecule has 0 saturated carbocycles. The van der Waals surface area contributed by atoms with E-state index in [2.05, 4.69) is 5.32 Å². The van der Waals surface area contributed by atoms with Crippen molar-refractivity contribution in [3.05, 3.63) is 35.9 Å². The van der Waals surface area contributed by atoms with Crippen molar-refractivity contribution in [2.75, 3.05) is 0 Å². The van der Waals surface area contributed by atoms with Crippen LogP contribution in [0.15, 0.2) is 30.3 Å². The molecule has 1 amide bonds. The number of carbonyl (C=O) groups is 2. The first kappa shape index (κ1) is 19.6. The topological polar surface area (TPSA) is 123 Å². The largest absolute Gasteiger partial charge is 0 e. The number of nitrogens with two attached hydrogens (primary N) is 1. The van der Waals surface area contributed by atoms with Crippen molar-refractivity contribution >= 4 is 26.8 Å². The summed E-state index contributed by atoms with van der Waals surface area (Å²) in [6, 6.07) is 8.99. The Balaban J connectivity index is 0.00000400. The van der Waals surface area contributed by atoms with Crippen LogP contribution in [0.1, 0.15) is 18.4 Å². The van der Waals surface area contributed by atoms with Gasteiger partial charge in [0.25, 0.3) is 0 Å². The molecule has 6 nitrogen and oxygen atoms in total. The van der Waals surface area contributed by atoms with Crippen LogP contribution in [0.3, 0.4) is 0 Å². The SMILES string of the molecule is N[C@@H](CC[Se]CCC(=O)NCc1ccccc1)C(=O)O.[N]. The minimum Gasteiger partial charge on any atom is 0 e. The molecule has 0 bridgehead atoms. The van der Waals surface area contributed by atoms with Crippen LogP contribution in [0, 0.1) is 0 Å². The van der Waals surface area contributed by atoms with Gasteiger partial charge in [0.2, 0.25) is 0 Å². The summed E-state index contributed by atoms with van der Waals surface area (Å²) in [5.41, 5.74) is 6.48. The number of nitrogens with one attached hydrogen (secondary N) is 1. The van der Waals surface area contributed by atoms with Crippen LogP contribution in [-0.2, 0) is 16.1 Å². The summed E-state index contributed by atoms with van der Waals surface area (Å²) < 4.78 is 0. The van der Waals surface area contributed by atoms with Crippen LogP contribution < -0.4 is 17.2 Å². The number of nitrogens with zero attached hydrogens (tertiary/aromatic N) is 1. The zero-order valence-corrected chi connectivity index (χ0v) is 13.4. The van der Waals surface area contributed by atoms with E-state index in [-0.39, 0.29) is 27.0 Å². The minimum absolute atomic E-state index is 0. The summed E-state index contributed by atoms with van der Waals surface area (Å²) in [6.45, 7) is 0.552. The maximum atomic E-state index is 11.6. The number of hydrogen-bond donors (Lipinski definition) is 3. The summed E-state index contributed by atoms with van der Waals surface area (Å²) in [7, 11) is 0. The van der Waals surface area contributed by atoms with E-state index < -0.39 is 12.0 Å². The van der Waals surface area contributed by atoms with Crippen LogP contribution >= 0.6 is 0 Å². The first-order chi connectivity index (χ1) is 9.59. The molecule has 7 heteroatoms. The molecule has 1 rings (SSSR count). The third-order valence-corrected chi connectivity index (χ3v) is 4.83. The monoisotopic (exact) mass is 358 g/mol. The van der Waals surface area contributed by atoms with Crippen molar-refractivity contribution in [2.45, 2.75) is 36.1 Å². The Kier molecular flexibility index (Phi) is 10.5. The van der Waals surface area contributed by atoms with E-state index in [1.807, 2.05) is 30.3 Å². The van der Waals surface area contributed by atoms with Crippen molar-refractivity contribution in [1.29, 1.82) is 0 Å². The number of amides is 1. The van der Waals surface area contributed by atoms with Gasteiger partial charge in [-0.3, -0.25) is 0 Å². The molecule has 0 saturated heterocycles. The molecule has 0 aliphatic carbocycles. The van der Waals surface area contributed by atoms with Gasteiger partial charge in [-0.15, -0.1) is 0 Å². The van der Waals surface area contributed by atoms with Crippen LogP contribution in [-0.4, -0.2) is 38.0 Å². The average molecular weight is 357 g/mol. The Morgan fingerprint density at radius 1 is 1.24 bits per heavy atom. The van der Waals surface area contributed by atoms with Crippen molar-refractivity contribution in [3.63, 3.8) is 0 Å². The molecule has 0 heterocycles. The molecule has 21 heavy (non-hydrogen) atoms. The van der Waals surface area contributed by atoms with Gasteiger partial charge in [0.15, 0.2) is 0 Å². The molecule has 115 valence electrons. The van der Waals surface area contributed by atoms with Gasteiger partial charge >= 0.3 is 125 Å². The van der Waals surface area contributed by atoms with Gasteiger partial charge in [0.05, 0.1) is 0 Å². The van der Waals surface area contributed by atoms with Crippen molar-refractivity contribution in [3.8, 4) is 0 Å². The van der Waals surface area contributed by atoms with E-state index >= 15 is 0 Å². The number of hydrogen-bond acceptors (Lipinski definition) is 3. The molecular weight excluding hydrogens is 337 g/mol. The van der Waals surface area contributed by atoms with E-state index in [1.54, 1.807) is 0 Å². The van der Waals surface area contributed by atoms with Gasteiger partial charge in [-0.25, -0.2) is 0 Å². The van der Waals surface area contributed by atoms with Gasteiger partial charge in [-0.05, 0) is 0 Å². The first-order valence-corrected chi connectivity index (χ1v) is 8.88. The molecule has 3 radical (unpaired) electrons. The molecule has 1 atom stereocenters. The van der Waals surface area contributed by atoms with Gasteiger partial charge < -0.3 is 0 Å². The van der Waals surface area contributed by atoms with Crippen molar-refractivity contribution in [2.24, 2.45) is 5.73 Å². The Morgan fingerprint density at radius 3 is 2.52 bits per heavy atom. The average Bonchev–Trinajstić information content (AvgIpc) is 2.45. The van der Waals surface area contributed by atoms with Gasteiger partial charge in [0, 0.05) is 6.15 Å². The maximum Gasteiger partial charge on any atom is 0 e. The standard InChI is InChI=1S/C14H20N2O3Se.N/c15-12(14(18)19)6-8-20-9-7-13(17)16-10-11-4-2-1-3-5-11;/h1-5,12H,6-10,15H2,(H,16,17)(H,18,19);/t12-;/m0./s1. The second kappa shape index (κ2) is 11.3. The quantitative estimate of drug-likeness (QED) is 0.441. The summed E-state index contributed by atoms with van der Waals surface area (Å²) in [5.74, 6) is -0.917. The number of carboxylic acids is 1. The van der Waals surface area contributed by atoms with E-state index in [9.17, 15) is 9.59 Å². The number of carboxylic acid groups (broad SMARTS) is 1. The fourth-order valence-corrected chi connectivity index (χ4v) is 3.49. The zero-order chi connectivity index (χ0) is 14.8. The first-order valence-electron chi connectivity index (χ1n) is 6.46. The Morgan fingerprint density at radius 2 is 1.90 bits per heavy atom. The Hall–Kier alpha value is -1.40. The molecule has 1 aromatic rings. The summed E-state index contributed by atoms with van der Waals surface area (Å²) >= 11 is 0.275. The third-order valence-electron chi connectivity index (χ3n) is 2.70. The number of carbonyl (C=O) groups excluding carboxylic acids is 1. The number of rotatable bonds is 9. The van der Waals surface area contributed by atoms with E-state index in [0.29, 0.717) is 19.4 Å².